The molecule has 0 nitrogen and oxygen atoms in total. The van der Waals surface area contributed by atoms with Crippen molar-refractivity contribution in [2.75, 3.05) is 0 Å². The Morgan fingerprint density at radius 3 is 1.44 bits per heavy atom. The number of allylic oxidation sites excluding steroid dienone is 2. The molecule has 0 amide bonds. The van der Waals surface area contributed by atoms with Crippen LogP contribution in [0.15, 0.2) is 48.5 Å². The SMILES string of the molecule is c1ccc2c(c1)C/C2=C1/Cc2ccccc21. The van der Waals surface area contributed by atoms with Crippen LogP contribution in [-0.4, -0.2) is 0 Å². The molecule has 0 heteroatoms. The highest BCUT2D eigenvalue weighted by molar-refractivity contribution is 6.02. The van der Waals surface area contributed by atoms with E-state index in [-0.39, 0.29) is 0 Å². The molecule has 0 bridgehead atoms. The molecule has 0 aliphatic heterocycles. The highest BCUT2D eigenvalue weighted by Gasteiger charge is 2.28. The van der Waals surface area contributed by atoms with Crippen molar-refractivity contribution >= 4 is 11.1 Å². The van der Waals surface area contributed by atoms with E-state index in [0.29, 0.717) is 0 Å². The Morgan fingerprint density at radius 2 is 1.00 bits per heavy atom. The molecule has 2 aromatic rings. The Labute approximate surface area is 95.2 Å². The molecule has 2 aliphatic rings. The maximum absolute atomic E-state index is 2.25. The molecular formula is C16H12. The largest absolute Gasteiger partial charge is 0.0619 e. The summed E-state index contributed by atoms with van der Waals surface area (Å²) in [5, 5.41) is 0. The van der Waals surface area contributed by atoms with Crippen LogP contribution in [0.2, 0.25) is 0 Å². The average Bonchev–Trinajstić information content (AvgIpc) is 2.26. The zero-order chi connectivity index (χ0) is 10.5. The normalized spacial score (nSPS) is 20.5. The van der Waals surface area contributed by atoms with Crippen LogP contribution in [0.4, 0.5) is 0 Å². The highest BCUT2D eigenvalue weighted by Crippen LogP contribution is 2.45. The first-order valence-electron chi connectivity index (χ1n) is 5.82. The van der Waals surface area contributed by atoms with Gasteiger partial charge in [-0.15, -0.1) is 0 Å². The van der Waals surface area contributed by atoms with Crippen LogP contribution in [0.3, 0.4) is 0 Å². The number of hydrogen-bond acceptors (Lipinski definition) is 0. The van der Waals surface area contributed by atoms with E-state index in [1.165, 1.54) is 35.1 Å². The van der Waals surface area contributed by atoms with Gasteiger partial charge in [0, 0.05) is 0 Å². The predicted octanol–water partition coefficient (Wildman–Crippen LogP) is 3.71. The summed E-state index contributed by atoms with van der Waals surface area (Å²) >= 11 is 0. The van der Waals surface area contributed by atoms with Crippen molar-refractivity contribution in [3.63, 3.8) is 0 Å². The molecule has 2 aromatic carbocycles. The van der Waals surface area contributed by atoms with Gasteiger partial charge >= 0.3 is 0 Å². The Kier molecular flexibility index (Phi) is 1.49. The monoisotopic (exact) mass is 204 g/mol. The van der Waals surface area contributed by atoms with Gasteiger partial charge in [-0.3, -0.25) is 0 Å². The number of hydrogen-bond donors (Lipinski definition) is 0. The van der Waals surface area contributed by atoms with Gasteiger partial charge in [-0.05, 0) is 46.2 Å². The van der Waals surface area contributed by atoms with Gasteiger partial charge in [-0.1, -0.05) is 48.5 Å². The van der Waals surface area contributed by atoms with Crippen LogP contribution >= 0.6 is 0 Å². The lowest BCUT2D eigenvalue weighted by Gasteiger charge is -2.32. The minimum Gasteiger partial charge on any atom is -0.0619 e. The number of fused-ring (bicyclic) bond motifs is 2. The van der Waals surface area contributed by atoms with Gasteiger partial charge in [-0.2, -0.15) is 0 Å². The first kappa shape index (κ1) is 8.35. The van der Waals surface area contributed by atoms with Gasteiger partial charge in [0.15, 0.2) is 0 Å². The summed E-state index contributed by atoms with van der Waals surface area (Å²) in [5.41, 5.74) is 9.13. The van der Waals surface area contributed by atoms with Crippen molar-refractivity contribution in [3.05, 3.63) is 70.8 Å². The van der Waals surface area contributed by atoms with Gasteiger partial charge in [0.25, 0.3) is 0 Å². The molecule has 0 saturated heterocycles. The summed E-state index contributed by atoms with van der Waals surface area (Å²) < 4.78 is 0. The van der Waals surface area contributed by atoms with Crippen LogP contribution in [0.1, 0.15) is 22.3 Å². The van der Waals surface area contributed by atoms with Crippen LogP contribution in [0, 0.1) is 0 Å². The van der Waals surface area contributed by atoms with Crippen molar-refractivity contribution in [2.45, 2.75) is 12.8 Å². The second-order valence-electron chi connectivity index (χ2n) is 4.62. The third kappa shape index (κ3) is 0.943. The minimum absolute atomic E-state index is 1.17. The summed E-state index contributed by atoms with van der Waals surface area (Å²) in [7, 11) is 0. The molecule has 0 spiro atoms. The average molecular weight is 204 g/mol. The van der Waals surface area contributed by atoms with Crippen molar-refractivity contribution in [3.8, 4) is 0 Å². The summed E-state index contributed by atoms with van der Waals surface area (Å²) in [6, 6.07) is 17.5. The molecule has 0 fully saturated rings. The van der Waals surface area contributed by atoms with Gasteiger partial charge in [-0.25, -0.2) is 0 Å². The van der Waals surface area contributed by atoms with E-state index in [1.807, 2.05) is 0 Å². The Bertz CT molecular complexity index is 562. The van der Waals surface area contributed by atoms with E-state index in [1.54, 1.807) is 11.1 Å². The predicted molar refractivity (Wildman–Crippen MR) is 67.1 cm³/mol. The lowest BCUT2D eigenvalue weighted by Crippen LogP contribution is -2.15. The van der Waals surface area contributed by atoms with E-state index in [4.69, 9.17) is 0 Å². The van der Waals surface area contributed by atoms with Crippen LogP contribution in [-0.2, 0) is 12.8 Å². The highest BCUT2D eigenvalue weighted by atomic mass is 14.3. The second-order valence-corrected chi connectivity index (χ2v) is 4.62. The molecule has 0 radical (unpaired) electrons. The van der Waals surface area contributed by atoms with Gasteiger partial charge in [0.2, 0.25) is 0 Å². The van der Waals surface area contributed by atoms with Crippen molar-refractivity contribution < 1.29 is 0 Å². The Balaban J connectivity index is 1.87. The maximum atomic E-state index is 2.25. The molecule has 4 rings (SSSR count). The maximum Gasteiger partial charge on any atom is -0.00106 e. The lowest BCUT2D eigenvalue weighted by molar-refractivity contribution is 1.10. The summed E-state index contributed by atoms with van der Waals surface area (Å²) in [5.74, 6) is 0. The first-order valence-corrected chi connectivity index (χ1v) is 5.82. The Morgan fingerprint density at radius 1 is 0.562 bits per heavy atom. The van der Waals surface area contributed by atoms with Crippen molar-refractivity contribution in [2.24, 2.45) is 0 Å². The summed E-state index contributed by atoms with van der Waals surface area (Å²) in [4.78, 5) is 0. The number of benzene rings is 2. The molecule has 0 saturated carbocycles. The standard InChI is InChI=1S/C16H12/c1-3-7-13-11(5-1)9-15(13)16-10-12-6-2-4-8-14(12)16/h1-8H,9-10H2/b16-15+. The quantitative estimate of drug-likeness (QED) is 0.613. The van der Waals surface area contributed by atoms with Crippen LogP contribution < -0.4 is 0 Å². The van der Waals surface area contributed by atoms with Crippen LogP contribution in [0.5, 0.6) is 0 Å². The second kappa shape index (κ2) is 2.85. The van der Waals surface area contributed by atoms with E-state index >= 15 is 0 Å². The molecular weight excluding hydrogens is 192 g/mol. The third-order valence-electron chi connectivity index (χ3n) is 3.78. The molecule has 76 valence electrons. The van der Waals surface area contributed by atoms with Gasteiger partial charge in [0.1, 0.15) is 0 Å². The molecule has 16 heavy (non-hydrogen) atoms. The first-order chi connectivity index (χ1) is 7.93. The lowest BCUT2D eigenvalue weighted by atomic mass is 9.72. The summed E-state index contributed by atoms with van der Waals surface area (Å²) in [6.45, 7) is 0. The van der Waals surface area contributed by atoms with Crippen LogP contribution in [0.25, 0.3) is 11.1 Å². The Hall–Kier alpha value is -1.82. The van der Waals surface area contributed by atoms with Crippen molar-refractivity contribution in [1.29, 1.82) is 0 Å². The zero-order valence-electron chi connectivity index (χ0n) is 9.03. The fourth-order valence-corrected chi connectivity index (χ4v) is 2.83. The fourth-order valence-electron chi connectivity index (χ4n) is 2.83. The van der Waals surface area contributed by atoms with Crippen molar-refractivity contribution in [1.82, 2.24) is 0 Å². The molecule has 0 aromatic heterocycles. The van der Waals surface area contributed by atoms with E-state index < -0.39 is 0 Å². The smallest absolute Gasteiger partial charge is 0.00106 e. The van der Waals surface area contributed by atoms with Gasteiger partial charge < -0.3 is 0 Å². The molecule has 0 N–H and O–H groups in total. The molecule has 0 unspecified atom stereocenters. The topological polar surface area (TPSA) is 0 Å². The minimum atomic E-state index is 1.17. The fraction of sp³-hybridized carbons (Fsp3) is 0.125. The third-order valence-corrected chi connectivity index (χ3v) is 3.78. The summed E-state index contributed by atoms with van der Waals surface area (Å²) in [6.07, 6.45) is 2.33. The molecule has 0 heterocycles. The zero-order valence-corrected chi connectivity index (χ0v) is 9.03. The number of rotatable bonds is 0. The molecule has 2 aliphatic carbocycles. The van der Waals surface area contributed by atoms with E-state index in [2.05, 4.69) is 48.5 Å². The molecule has 0 atom stereocenters. The van der Waals surface area contributed by atoms with E-state index in [0.717, 1.165) is 0 Å². The van der Waals surface area contributed by atoms with Gasteiger partial charge in [0.05, 0.1) is 0 Å². The van der Waals surface area contributed by atoms with E-state index in [9.17, 15) is 0 Å².